The number of methoxy groups -OCH3 is 2. The number of rotatable bonds is 9. The number of nitrogens with one attached hydrogen (secondary N) is 3. The van der Waals surface area contributed by atoms with Gasteiger partial charge in [-0.05, 0) is 18.9 Å². The van der Waals surface area contributed by atoms with Gasteiger partial charge in [-0.15, -0.1) is 10.2 Å². The van der Waals surface area contributed by atoms with Crippen LogP contribution in [0.15, 0.2) is 22.9 Å². The molecule has 13 nitrogen and oxygen atoms in total. The Morgan fingerprint density at radius 3 is 2.88 bits per heavy atom. The molecule has 4 rings (SSSR count). The quantitative estimate of drug-likeness (QED) is 0.426. The highest BCUT2D eigenvalue weighted by molar-refractivity contribution is 5.99. The summed E-state index contributed by atoms with van der Waals surface area (Å²) in [6, 6.07) is 2.94. The fraction of sp³-hybridized carbons (Fsp3) is 0.350. The normalized spacial score (nSPS) is 14.5. The Morgan fingerprint density at radius 2 is 2.15 bits per heavy atom. The van der Waals surface area contributed by atoms with Crippen LogP contribution in [-0.4, -0.2) is 58.3 Å². The third-order valence-corrected chi connectivity index (χ3v) is 4.66. The van der Waals surface area contributed by atoms with Crippen LogP contribution in [0.3, 0.4) is 0 Å². The lowest BCUT2D eigenvalue weighted by molar-refractivity contribution is -0.117. The summed E-state index contributed by atoms with van der Waals surface area (Å²) in [5.74, 6) is -0.489. The fourth-order valence-corrected chi connectivity index (χ4v) is 2.94. The van der Waals surface area contributed by atoms with E-state index in [4.69, 9.17) is 18.1 Å². The van der Waals surface area contributed by atoms with Gasteiger partial charge in [0.25, 0.3) is 11.8 Å². The van der Waals surface area contributed by atoms with Crippen LogP contribution in [-0.2, 0) is 16.1 Å². The molecule has 13 heteroatoms. The van der Waals surface area contributed by atoms with Gasteiger partial charge in [0.15, 0.2) is 23.1 Å². The molecule has 3 aromatic heterocycles. The van der Waals surface area contributed by atoms with Crippen LogP contribution in [0, 0.1) is 5.92 Å². The molecule has 0 aliphatic heterocycles. The predicted octanol–water partition coefficient (Wildman–Crippen LogP) is 1.53. The second kappa shape index (κ2) is 9.56. The third-order valence-electron chi connectivity index (χ3n) is 4.66. The number of carbonyl (C=O) groups excluding carboxylic acids is 2. The number of amides is 2. The first-order chi connectivity index (χ1) is 17.2. The first kappa shape index (κ1) is 18.4. The van der Waals surface area contributed by atoms with Gasteiger partial charge in [-0.1, -0.05) is 5.16 Å². The summed E-state index contributed by atoms with van der Waals surface area (Å²) in [6.07, 6.45) is 3.00. The van der Waals surface area contributed by atoms with Crippen LogP contribution < -0.4 is 20.7 Å². The van der Waals surface area contributed by atoms with Crippen LogP contribution in [0.2, 0.25) is 0 Å². The molecule has 1 saturated carbocycles. The van der Waals surface area contributed by atoms with E-state index in [-0.39, 0.29) is 58.9 Å². The molecule has 0 bridgehead atoms. The van der Waals surface area contributed by atoms with Crippen LogP contribution in [0.25, 0.3) is 11.4 Å². The average molecular weight is 457 g/mol. The zero-order valence-electron chi connectivity index (χ0n) is 20.7. The molecule has 3 heterocycles. The summed E-state index contributed by atoms with van der Waals surface area (Å²) in [7, 11) is 2.89. The Bertz CT molecular complexity index is 1280. The van der Waals surface area contributed by atoms with Crippen LogP contribution in [0.1, 0.15) is 33.3 Å². The minimum absolute atomic E-state index is 0.0222. The smallest absolute Gasteiger partial charge is 0.273 e. The minimum Gasteiger partial charge on any atom is -0.492 e. The molecular formula is C20H22N8O5. The van der Waals surface area contributed by atoms with Crippen molar-refractivity contribution in [2.24, 2.45) is 5.92 Å². The lowest BCUT2D eigenvalue weighted by Crippen LogP contribution is -2.22. The van der Waals surface area contributed by atoms with Crippen molar-refractivity contribution in [2.75, 3.05) is 31.8 Å². The van der Waals surface area contributed by atoms with Crippen molar-refractivity contribution in [3.05, 3.63) is 29.9 Å². The predicted molar refractivity (Wildman–Crippen MR) is 115 cm³/mol. The lowest BCUT2D eigenvalue weighted by Gasteiger charge is -2.15. The molecule has 172 valence electrons. The molecule has 3 aromatic rings. The van der Waals surface area contributed by atoms with E-state index >= 15 is 0 Å². The summed E-state index contributed by atoms with van der Waals surface area (Å²) < 4.78 is 37.6. The van der Waals surface area contributed by atoms with Gasteiger partial charge in [0.05, 0.1) is 18.4 Å². The van der Waals surface area contributed by atoms with Crippen molar-refractivity contribution < 1.29 is 27.7 Å². The first-order valence-electron chi connectivity index (χ1n) is 11.3. The van der Waals surface area contributed by atoms with E-state index in [0.717, 1.165) is 12.8 Å². The van der Waals surface area contributed by atoms with Gasteiger partial charge in [-0.2, -0.15) is 4.98 Å². The third kappa shape index (κ3) is 4.87. The van der Waals surface area contributed by atoms with Crippen molar-refractivity contribution >= 4 is 29.1 Å². The van der Waals surface area contributed by atoms with Gasteiger partial charge in [-0.3, -0.25) is 9.59 Å². The van der Waals surface area contributed by atoms with Crippen molar-refractivity contribution in [1.82, 2.24) is 30.6 Å². The minimum atomic E-state index is -2.76. The molecule has 0 aromatic carbocycles. The molecule has 0 saturated heterocycles. The maximum Gasteiger partial charge on any atom is 0.273 e. The van der Waals surface area contributed by atoms with Gasteiger partial charge < -0.3 is 29.9 Å². The Kier molecular flexibility index (Phi) is 5.34. The first-order valence-corrected chi connectivity index (χ1v) is 9.81. The summed E-state index contributed by atoms with van der Waals surface area (Å²) >= 11 is 0. The Balaban J connectivity index is 1.70. The van der Waals surface area contributed by atoms with Crippen molar-refractivity contribution in [1.29, 1.82) is 0 Å². The van der Waals surface area contributed by atoms with Crippen molar-refractivity contribution in [3.8, 4) is 17.1 Å². The van der Waals surface area contributed by atoms with E-state index in [1.54, 1.807) is 6.07 Å². The van der Waals surface area contributed by atoms with E-state index in [1.165, 1.54) is 26.5 Å². The molecule has 1 aliphatic rings. The zero-order chi connectivity index (χ0) is 25.9. The number of aromatic nitrogens is 5. The van der Waals surface area contributed by atoms with E-state index in [9.17, 15) is 9.59 Å². The molecule has 2 amide bonds. The molecular weight excluding hydrogens is 432 g/mol. The zero-order valence-corrected chi connectivity index (χ0v) is 17.7. The molecule has 0 radical (unpaired) electrons. The molecule has 3 N–H and O–H groups in total. The molecule has 0 spiro atoms. The second-order valence-corrected chi connectivity index (χ2v) is 7.02. The SMILES string of the molecule is [2H]C([2H])([2H])NC(=O)c1nnc(NC(=O)C2CC2)cc1Nc1nccc(-c2noc(COC)n2)c1OC. The standard InChI is InChI=1S/C20H22N8O5/c1-21-20(30)15-12(8-13(26-27-15)24-19(29)10-4-5-10)23-18-16(32-3)11(6-7-22-18)17-25-14(9-31-2)33-28-17/h6-8,10H,4-5,9H2,1-3H3,(H,21,30)(H2,22,23,24,26,29)/i1D3. The number of carbonyl (C=O) groups is 2. The van der Waals surface area contributed by atoms with Crippen LogP contribution in [0.5, 0.6) is 5.75 Å². The highest BCUT2D eigenvalue weighted by Gasteiger charge is 2.30. The molecule has 33 heavy (non-hydrogen) atoms. The molecule has 0 atom stereocenters. The lowest BCUT2D eigenvalue weighted by atomic mass is 10.2. The van der Waals surface area contributed by atoms with E-state index in [2.05, 4.69) is 36.0 Å². The molecule has 0 unspecified atom stereocenters. The maximum atomic E-state index is 12.6. The Labute approximate surface area is 192 Å². The summed E-state index contributed by atoms with van der Waals surface area (Å²) in [5.41, 5.74) is 0.0968. The van der Waals surface area contributed by atoms with E-state index < -0.39 is 12.9 Å². The van der Waals surface area contributed by atoms with Gasteiger partial charge in [0.1, 0.15) is 6.61 Å². The average Bonchev–Trinajstić information content (AvgIpc) is 3.57. The second-order valence-electron chi connectivity index (χ2n) is 7.02. The van der Waals surface area contributed by atoms with Gasteiger partial charge in [0, 0.05) is 36.4 Å². The van der Waals surface area contributed by atoms with Gasteiger partial charge >= 0.3 is 0 Å². The van der Waals surface area contributed by atoms with E-state index in [1.807, 2.05) is 5.32 Å². The highest BCUT2D eigenvalue weighted by atomic mass is 16.5. The van der Waals surface area contributed by atoms with Gasteiger partial charge in [0.2, 0.25) is 11.7 Å². The topological polar surface area (TPSA) is 166 Å². The number of ether oxygens (including phenoxy) is 2. The van der Waals surface area contributed by atoms with Crippen molar-refractivity contribution in [2.45, 2.75) is 19.4 Å². The summed E-state index contributed by atoms with van der Waals surface area (Å²) in [4.78, 5) is 33.3. The molecule has 1 aliphatic carbocycles. The number of anilines is 3. The monoisotopic (exact) mass is 457 g/mol. The van der Waals surface area contributed by atoms with E-state index in [0.29, 0.717) is 5.56 Å². The summed E-state index contributed by atoms with van der Waals surface area (Å²) in [6.45, 7) is -2.64. The number of pyridine rings is 1. The Hall–Kier alpha value is -4.13. The Morgan fingerprint density at radius 1 is 1.30 bits per heavy atom. The number of nitrogens with zero attached hydrogens (tertiary/aromatic N) is 5. The summed E-state index contributed by atoms with van der Waals surface area (Å²) in [5, 5.41) is 19.0. The molecule has 1 fully saturated rings. The van der Waals surface area contributed by atoms with Crippen LogP contribution >= 0.6 is 0 Å². The van der Waals surface area contributed by atoms with Crippen LogP contribution in [0.4, 0.5) is 17.3 Å². The number of hydrogen-bond acceptors (Lipinski definition) is 11. The largest absolute Gasteiger partial charge is 0.492 e. The maximum absolute atomic E-state index is 12.6. The fourth-order valence-electron chi connectivity index (χ4n) is 2.94. The van der Waals surface area contributed by atoms with Crippen molar-refractivity contribution in [3.63, 3.8) is 0 Å². The van der Waals surface area contributed by atoms with Gasteiger partial charge in [-0.25, -0.2) is 4.98 Å². The number of hydrogen-bond donors (Lipinski definition) is 3. The highest BCUT2D eigenvalue weighted by Crippen LogP contribution is 2.36.